The van der Waals surface area contributed by atoms with Crippen LogP contribution in [0, 0.1) is 0 Å². The minimum Gasteiger partial charge on any atom is -0.378 e. The van der Waals surface area contributed by atoms with Crippen LogP contribution in [-0.2, 0) is 11.2 Å². The smallest absolute Gasteiger partial charge is 0.232 e. The fraction of sp³-hybridized carbons (Fsp3) is 0.273. The number of morpholine rings is 1. The number of nitrogens with one attached hydrogen (secondary N) is 2. The number of fused-ring (bicyclic) bond motifs is 1. The first-order valence-corrected chi connectivity index (χ1v) is 10.4. The van der Waals surface area contributed by atoms with Gasteiger partial charge in [0.1, 0.15) is 23.1 Å². The zero-order valence-electron chi connectivity index (χ0n) is 17.3. The molecular formula is C22H24N8O. The molecule has 31 heavy (non-hydrogen) atoms. The van der Waals surface area contributed by atoms with Crippen LogP contribution in [0.1, 0.15) is 12.5 Å². The Kier molecular flexibility index (Phi) is 5.32. The molecule has 0 unspecified atom stereocenters. The van der Waals surface area contributed by atoms with E-state index in [1.54, 1.807) is 12.4 Å². The number of anilines is 5. The van der Waals surface area contributed by atoms with Crippen LogP contribution in [0.25, 0.3) is 5.65 Å². The summed E-state index contributed by atoms with van der Waals surface area (Å²) < 4.78 is 7.46. The maximum atomic E-state index is 5.50. The molecule has 4 aromatic heterocycles. The number of aromatic nitrogens is 5. The van der Waals surface area contributed by atoms with Gasteiger partial charge in [-0.2, -0.15) is 9.97 Å². The maximum Gasteiger partial charge on any atom is 0.232 e. The molecule has 0 bridgehead atoms. The van der Waals surface area contributed by atoms with Crippen LogP contribution >= 0.6 is 0 Å². The van der Waals surface area contributed by atoms with Crippen LogP contribution in [0.3, 0.4) is 0 Å². The van der Waals surface area contributed by atoms with E-state index in [4.69, 9.17) is 9.72 Å². The van der Waals surface area contributed by atoms with Crippen molar-refractivity contribution in [3.05, 3.63) is 60.7 Å². The second-order valence-electron chi connectivity index (χ2n) is 7.30. The summed E-state index contributed by atoms with van der Waals surface area (Å²) in [4.78, 5) is 20.4. The number of ether oxygens (including phenoxy) is 1. The van der Waals surface area contributed by atoms with Gasteiger partial charge in [0, 0.05) is 55.7 Å². The monoisotopic (exact) mass is 416 g/mol. The zero-order valence-corrected chi connectivity index (χ0v) is 17.3. The Bertz CT molecular complexity index is 1190. The van der Waals surface area contributed by atoms with Crippen LogP contribution in [-0.4, -0.2) is 50.6 Å². The molecule has 0 saturated carbocycles. The fourth-order valence-electron chi connectivity index (χ4n) is 3.52. The fourth-order valence-corrected chi connectivity index (χ4v) is 3.52. The molecule has 1 fully saturated rings. The Morgan fingerprint density at radius 2 is 1.84 bits per heavy atom. The standard InChI is InChI=1S/C22H24N8O/c1-2-16-3-5-23-18(13-16)26-22-27-19(15-21(28-22)30-9-11-31-12-10-30)25-17-4-7-29-8-6-24-20(29)14-17/h3-8,13-15H,2,9-12H2,1H3,(H2,23,25,26,27,28). The predicted molar refractivity (Wildman–Crippen MR) is 120 cm³/mol. The van der Waals surface area contributed by atoms with Crippen molar-refractivity contribution in [1.29, 1.82) is 0 Å². The van der Waals surface area contributed by atoms with Gasteiger partial charge in [0.2, 0.25) is 5.95 Å². The molecule has 0 amide bonds. The normalized spacial score (nSPS) is 14.0. The number of aryl methyl sites for hydroxylation is 1. The SMILES string of the molecule is CCc1ccnc(Nc2nc(Nc3ccn4ccnc4c3)cc(N3CCOCC3)n2)c1. The van der Waals surface area contributed by atoms with Gasteiger partial charge in [-0.25, -0.2) is 9.97 Å². The minimum absolute atomic E-state index is 0.495. The van der Waals surface area contributed by atoms with Gasteiger partial charge in [0.25, 0.3) is 0 Å². The maximum absolute atomic E-state index is 5.50. The van der Waals surface area contributed by atoms with Crippen LogP contribution in [0.4, 0.5) is 29.1 Å². The molecule has 0 radical (unpaired) electrons. The number of hydrogen-bond donors (Lipinski definition) is 2. The first-order valence-electron chi connectivity index (χ1n) is 10.4. The lowest BCUT2D eigenvalue weighted by atomic mass is 10.2. The van der Waals surface area contributed by atoms with E-state index in [1.165, 1.54) is 5.56 Å². The van der Waals surface area contributed by atoms with Crippen molar-refractivity contribution in [3.8, 4) is 0 Å². The summed E-state index contributed by atoms with van der Waals surface area (Å²) in [5.74, 6) is 2.76. The highest BCUT2D eigenvalue weighted by molar-refractivity contribution is 5.65. The van der Waals surface area contributed by atoms with E-state index in [0.717, 1.165) is 42.5 Å². The molecule has 0 aliphatic carbocycles. The third kappa shape index (κ3) is 4.41. The largest absolute Gasteiger partial charge is 0.378 e. The van der Waals surface area contributed by atoms with Crippen LogP contribution < -0.4 is 15.5 Å². The number of pyridine rings is 2. The third-order valence-electron chi connectivity index (χ3n) is 5.19. The third-order valence-corrected chi connectivity index (χ3v) is 5.19. The van der Waals surface area contributed by atoms with Crippen molar-refractivity contribution < 1.29 is 4.74 Å². The summed E-state index contributed by atoms with van der Waals surface area (Å²) in [5.41, 5.74) is 2.97. The lowest BCUT2D eigenvalue weighted by molar-refractivity contribution is 0.122. The van der Waals surface area contributed by atoms with Gasteiger partial charge < -0.3 is 24.7 Å². The molecule has 0 spiro atoms. The quantitative estimate of drug-likeness (QED) is 0.494. The molecule has 1 aliphatic rings. The number of rotatable bonds is 6. The van der Waals surface area contributed by atoms with Gasteiger partial charge >= 0.3 is 0 Å². The molecule has 2 N–H and O–H groups in total. The van der Waals surface area contributed by atoms with Crippen molar-refractivity contribution in [1.82, 2.24) is 24.3 Å². The Morgan fingerprint density at radius 1 is 0.935 bits per heavy atom. The summed E-state index contributed by atoms with van der Waals surface area (Å²) in [6.45, 7) is 5.07. The van der Waals surface area contributed by atoms with Crippen molar-refractivity contribution in [3.63, 3.8) is 0 Å². The molecule has 5 heterocycles. The van der Waals surface area contributed by atoms with Crippen molar-refractivity contribution in [2.24, 2.45) is 0 Å². The van der Waals surface area contributed by atoms with Crippen molar-refractivity contribution >= 4 is 34.7 Å². The van der Waals surface area contributed by atoms with Crippen molar-refractivity contribution in [2.45, 2.75) is 13.3 Å². The van der Waals surface area contributed by atoms with E-state index in [2.05, 4.69) is 37.4 Å². The van der Waals surface area contributed by atoms with E-state index >= 15 is 0 Å². The predicted octanol–water partition coefficient (Wildman–Crippen LogP) is 3.41. The van der Waals surface area contributed by atoms with E-state index < -0.39 is 0 Å². The van der Waals surface area contributed by atoms with E-state index in [1.807, 2.05) is 47.1 Å². The van der Waals surface area contributed by atoms with Crippen LogP contribution in [0.15, 0.2) is 55.1 Å². The highest BCUT2D eigenvalue weighted by atomic mass is 16.5. The molecule has 5 rings (SSSR count). The summed E-state index contributed by atoms with van der Waals surface area (Å²) in [5, 5.41) is 6.65. The number of imidazole rings is 1. The van der Waals surface area contributed by atoms with Crippen molar-refractivity contribution in [2.75, 3.05) is 41.8 Å². The number of hydrogen-bond acceptors (Lipinski definition) is 8. The zero-order chi connectivity index (χ0) is 21.0. The van der Waals surface area contributed by atoms with Gasteiger partial charge in [-0.05, 0) is 30.2 Å². The lowest BCUT2D eigenvalue weighted by Gasteiger charge is -2.28. The summed E-state index contributed by atoms with van der Waals surface area (Å²) in [6.07, 6.45) is 8.40. The van der Waals surface area contributed by atoms with Gasteiger partial charge in [0.05, 0.1) is 13.2 Å². The average molecular weight is 416 g/mol. The summed E-state index contributed by atoms with van der Waals surface area (Å²) in [7, 11) is 0. The highest BCUT2D eigenvalue weighted by Crippen LogP contribution is 2.24. The van der Waals surface area contributed by atoms with Gasteiger partial charge in [-0.15, -0.1) is 0 Å². The molecule has 158 valence electrons. The Morgan fingerprint density at radius 3 is 2.71 bits per heavy atom. The molecule has 0 aromatic carbocycles. The second-order valence-corrected chi connectivity index (χ2v) is 7.30. The molecule has 9 nitrogen and oxygen atoms in total. The first kappa shape index (κ1) is 19.3. The van der Waals surface area contributed by atoms with Crippen LogP contribution in [0.5, 0.6) is 0 Å². The van der Waals surface area contributed by atoms with E-state index in [-0.39, 0.29) is 0 Å². The van der Waals surface area contributed by atoms with E-state index in [9.17, 15) is 0 Å². The topological polar surface area (TPSA) is 92.5 Å². The van der Waals surface area contributed by atoms with E-state index in [0.29, 0.717) is 25.0 Å². The Labute approximate surface area is 180 Å². The van der Waals surface area contributed by atoms with Gasteiger partial charge in [-0.1, -0.05) is 6.92 Å². The summed E-state index contributed by atoms with van der Waals surface area (Å²) >= 11 is 0. The Balaban J connectivity index is 1.47. The molecular weight excluding hydrogens is 392 g/mol. The molecule has 1 aliphatic heterocycles. The lowest BCUT2D eigenvalue weighted by Crippen LogP contribution is -2.36. The number of nitrogens with zero attached hydrogens (tertiary/aromatic N) is 6. The molecule has 4 aromatic rings. The molecule has 0 atom stereocenters. The molecule has 9 heteroatoms. The first-order chi connectivity index (χ1) is 15.3. The Hall–Kier alpha value is -3.72. The van der Waals surface area contributed by atoms with Crippen LogP contribution in [0.2, 0.25) is 0 Å². The second kappa shape index (κ2) is 8.57. The van der Waals surface area contributed by atoms with Gasteiger partial charge in [-0.3, -0.25) is 0 Å². The summed E-state index contributed by atoms with van der Waals surface area (Å²) in [6, 6.07) is 9.96. The highest BCUT2D eigenvalue weighted by Gasteiger charge is 2.16. The molecule has 1 saturated heterocycles. The van der Waals surface area contributed by atoms with Gasteiger partial charge in [0.15, 0.2) is 0 Å². The minimum atomic E-state index is 0.495. The average Bonchev–Trinajstić information content (AvgIpc) is 3.27.